The Bertz CT molecular complexity index is 1050. The number of para-hydroxylation sites is 1. The van der Waals surface area contributed by atoms with Crippen LogP contribution in [-0.4, -0.2) is 35.3 Å². The molecule has 6 nitrogen and oxygen atoms in total. The molecule has 2 aromatic rings. The van der Waals surface area contributed by atoms with Gasteiger partial charge in [-0.3, -0.25) is 14.5 Å². The molecule has 3 aliphatic rings. The van der Waals surface area contributed by atoms with Crippen molar-refractivity contribution in [2.24, 2.45) is 0 Å². The third-order valence-electron chi connectivity index (χ3n) is 7.44. The Hall–Kier alpha value is -3.15. The highest BCUT2D eigenvalue weighted by Gasteiger charge is 2.54. The molecule has 1 spiro atoms. The standard InChI is InChI=1S/C27H31N3O3/c31-24(30(21-13-3-1-4-14-21)22-15-5-2-6-16-22)19-29-25(32)27(28-26(29)33)18-10-9-12-20-11-7-8-17-23(20)27/h1,3-4,7-8,11,13-14,17,22H,2,5-6,9-10,12,15-16,18-19H2,(H,28,33). The van der Waals surface area contributed by atoms with E-state index in [1.807, 2.05) is 59.5 Å². The highest BCUT2D eigenvalue weighted by Crippen LogP contribution is 2.39. The number of anilines is 1. The van der Waals surface area contributed by atoms with E-state index in [-0.39, 0.29) is 24.4 Å². The smallest absolute Gasteiger partial charge is 0.319 e. The van der Waals surface area contributed by atoms with Crippen LogP contribution < -0.4 is 10.2 Å². The van der Waals surface area contributed by atoms with Crippen molar-refractivity contribution in [2.75, 3.05) is 11.4 Å². The van der Waals surface area contributed by atoms with E-state index in [1.54, 1.807) is 0 Å². The Morgan fingerprint density at radius 3 is 2.45 bits per heavy atom. The zero-order chi connectivity index (χ0) is 22.8. The molecule has 1 unspecified atom stereocenters. The van der Waals surface area contributed by atoms with Gasteiger partial charge in [-0.1, -0.05) is 61.7 Å². The maximum atomic E-state index is 13.8. The summed E-state index contributed by atoms with van der Waals surface area (Å²) < 4.78 is 0. The predicted molar refractivity (Wildman–Crippen MR) is 127 cm³/mol. The van der Waals surface area contributed by atoms with Gasteiger partial charge in [-0.05, 0) is 61.8 Å². The third kappa shape index (κ3) is 3.92. The number of amides is 4. The third-order valence-corrected chi connectivity index (χ3v) is 7.44. The second-order valence-corrected chi connectivity index (χ2v) is 9.48. The lowest BCUT2D eigenvalue weighted by Crippen LogP contribution is -2.49. The highest BCUT2D eigenvalue weighted by molar-refractivity contribution is 6.11. The summed E-state index contributed by atoms with van der Waals surface area (Å²) in [5.41, 5.74) is 1.75. The monoisotopic (exact) mass is 445 g/mol. The van der Waals surface area contributed by atoms with Crippen LogP contribution in [0.2, 0.25) is 0 Å². The number of carbonyl (C=O) groups is 3. The van der Waals surface area contributed by atoms with Crippen LogP contribution in [0.15, 0.2) is 54.6 Å². The summed E-state index contributed by atoms with van der Waals surface area (Å²) in [5, 5.41) is 3.00. The average molecular weight is 446 g/mol. The van der Waals surface area contributed by atoms with Crippen molar-refractivity contribution in [3.8, 4) is 0 Å². The summed E-state index contributed by atoms with van der Waals surface area (Å²) in [4.78, 5) is 43.4. The van der Waals surface area contributed by atoms with Crippen LogP contribution in [0.1, 0.15) is 62.5 Å². The molecule has 6 heteroatoms. The summed E-state index contributed by atoms with van der Waals surface area (Å²) >= 11 is 0. The Labute approximate surface area is 194 Å². The number of aryl methyl sites for hydroxylation is 1. The Balaban J connectivity index is 1.43. The van der Waals surface area contributed by atoms with Crippen LogP contribution in [0.3, 0.4) is 0 Å². The summed E-state index contributed by atoms with van der Waals surface area (Å²) in [7, 11) is 0. The van der Waals surface area contributed by atoms with E-state index < -0.39 is 11.6 Å². The number of carbonyl (C=O) groups excluding carboxylic acids is 3. The second kappa shape index (κ2) is 9.00. The average Bonchev–Trinajstić information content (AvgIpc) is 2.98. The molecule has 1 atom stereocenters. The van der Waals surface area contributed by atoms with Crippen molar-refractivity contribution in [3.05, 3.63) is 65.7 Å². The van der Waals surface area contributed by atoms with Gasteiger partial charge < -0.3 is 10.2 Å². The highest BCUT2D eigenvalue weighted by atomic mass is 16.2. The number of rotatable bonds is 4. The Kier molecular flexibility index (Phi) is 5.92. The first-order valence-electron chi connectivity index (χ1n) is 12.2. The molecule has 33 heavy (non-hydrogen) atoms. The Morgan fingerprint density at radius 2 is 1.67 bits per heavy atom. The molecule has 4 amide bonds. The van der Waals surface area contributed by atoms with Gasteiger partial charge in [0.1, 0.15) is 12.1 Å². The van der Waals surface area contributed by atoms with Crippen LogP contribution in [0.5, 0.6) is 0 Å². The molecule has 1 N–H and O–H groups in total. The Morgan fingerprint density at radius 1 is 0.939 bits per heavy atom. The minimum atomic E-state index is -1.06. The number of hydrogen-bond acceptors (Lipinski definition) is 3. The van der Waals surface area contributed by atoms with Gasteiger partial charge in [0.25, 0.3) is 5.91 Å². The molecule has 1 heterocycles. The second-order valence-electron chi connectivity index (χ2n) is 9.48. The molecule has 2 aromatic carbocycles. The predicted octanol–water partition coefficient (Wildman–Crippen LogP) is 4.53. The maximum absolute atomic E-state index is 13.8. The molecule has 0 bridgehead atoms. The lowest BCUT2D eigenvalue weighted by Gasteiger charge is -2.35. The van der Waals surface area contributed by atoms with Crippen LogP contribution in [0.4, 0.5) is 10.5 Å². The lowest BCUT2D eigenvalue weighted by atomic mass is 9.84. The lowest BCUT2D eigenvalue weighted by molar-refractivity contribution is -0.135. The molecule has 1 saturated carbocycles. The van der Waals surface area contributed by atoms with Crippen LogP contribution in [-0.2, 0) is 21.5 Å². The van der Waals surface area contributed by atoms with Gasteiger partial charge in [0, 0.05) is 11.7 Å². The summed E-state index contributed by atoms with van der Waals surface area (Å²) in [6.07, 6.45) is 8.52. The van der Waals surface area contributed by atoms with Gasteiger partial charge >= 0.3 is 6.03 Å². The van der Waals surface area contributed by atoms with Gasteiger partial charge in [0.15, 0.2) is 0 Å². The molecule has 5 rings (SSSR count). The van der Waals surface area contributed by atoms with Crippen LogP contribution in [0.25, 0.3) is 0 Å². The van der Waals surface area contributed by atoms with E-state index >= 15 is 0 Å². The van der Waals surface area contributed by atoms with E-state index in [1.165, 1.54) is 6.42 Å². The molecular formula is C27H31N3O3. The number of hydrogen-bond donors (Lipinski definition) is 1. The molecule has 172 valence electrons. The first kappa shape index (κ1) is 21.7. The molecule has 2 aliphatic carbocycles. The maximum Gasteiger partial charge on any atom is 0.325 e. The summed E-state index contributed by atoms with van der Waals surface area (Å²) in [6.45, 7) is -0.236. The molecule has 0 aromatic heterocycles. The fourth-order valence-corrected chi connectivity index (χ4v) is 5.81. The number of nitrogens with zero attached hydrogens (tertiary/aromatic N) is 2. The van der Waals surface area contributed by atoms with E-state index in [2.05, 4.69) is 5.32 Å². The van der Waals surface area contributed by atoms with E-state index in [0.717, 1.165) is 66.7 Å². The van der Waals surface area contributed by atoms with Crippen LogP contribution >= 0.6 is 0 Å². The van der Waals surface area contributed by atoms with Gasteiger partial charge in [0.2, 0.25) is 5.91 Å². The minimum absolute atomic E-state index is 0.0991. The quantitative estimate of drug-likeness (QED) is 0.703. The normalized spacial score (nSPS) is 23.2. The zero-order valence-corrected chi connectivity index (χ0v) is 19.0. The van der Waals surface area contributed by atoms with Crippen molar-refractivity contribution in [3.63, 3.8) is 0 Å². The zero-order valence-electron chi connectivity index (χ0n) is 19.0. The number of nitrogens with one attached hydrogen (secondary N) is 1. The van der Waals surface area contributed by atoms with Gasteiger partial charge in [-0.2, -0.15) is 0 Å². The van der Waals surface area contributed by atoms with E-state index in [9.17, 15) is 14.4 Å². The SMILES string of the molecule is O=C1NC2(CCCCc3ccccc32)C(=O)N1CC(=O)N(c1ccccc1)C1CCCCC1. The van der Waals surface area contributed by atoms with Crippen molar-refractivity contribution in [1.82, 2.24) is 10.2 Å². The molecule has 1 saturated heterocycles. The van der Waals surface area contributed by atoms with E-state index in [4.69, 9.17) is 0 Å². The first-order valence-corrected chi connectivity index (χ1v) is 12.2. The first-order chi connectivity index (χ1) is 16.1. The van der Waals surface area contributed by atoms with Crippen molar-refractivity contribution in [1.29, 1.82) is 0 Å². The van der Waals surface area contributed by atoms with Gasteiger partial charge in [-0.25, -0.2) is 4.79 Å². The van der Waals surface area contributed by atoms with Gasteiger partial charge in [-0.15, -0.1) is 0 Å². The van der Waals surface area contributed by atoms with Gasteiger partial charge in [0.05, 0.1) is 0 Å². The molecule has 1 aliphatic heterocycles. The molecule has 0 radical (unpaired) electrons. The molecule has 2 fully saturated rings. The van der Waals surface area contributed by atoms with Crippen LogP contribution in [0, 0.1) is 0 Å². The van der Waals surface area contributed by atoms with Crippen molar-refractivity contribution in [2.45, 2.75) is 69.4 Å². The van der Waals surface area contributed by atoms with E-state index in [0.29, 0.717) is 6.42 Å². The number of benzene rings is 2. The number of imide groups is 1. The van der Waals surface area contributed by atoms with Crippen molar-refractivity contribution >= 4 is 23.5 Å². The number of urea groups is 1. The fraction of sp³-hybridized carbons (Fsp3) is 0.444. The summed E-state index contributed by atoms with van der Waals surface area (Å²) in [6, 6.07) is 17.1. The number of fused-ring (bicyclic) bond motifs is 2. The fourth-order valence-electron chi connectivity index (χ4n) is 5.81. The van der Waals surface area contributed by atoms with Crippen molar-refractivity contribution < 1.29 is 14.4 Å². The summed E-state index contributed by atoms with van der Waals surface area (Å²) in [5.74, 6) is -0.498. The molecular weight excluding hydrogens is 414 g/mol. The minimum Gasteiger partial charge on any atom is -0.319 e. The topological polar surface area (TPSA) is 69.7 Å². The largest absolute Gasteiger partial charge is 0.325 e.